The van der Waals surface area contributed by atoms with Crippen LogP contribution in [0.2, 0.25) is 0 Å². The third kappa shape index (κ3) is 4.88. The van der Waals surface area contributed by atoms with Crippen molar-refractivity contribution in [1.29, 1.82) is 0 Å². The van der Waals surface area contributed by atoms with Crippen LogP contribution >= 0.6 is 0 Å². The molecule has 0 radical (unpaired) electrons. The molecule has 9 nitrogen and oxygen atoms in total. The van der Waals surface area contributed by atoms with Crippen LogP contribution in [0.5, 0.6) is 0 Å². The van der Waals surface area contributed by atoms with E-state index < -0.39 is 39.8 Å². The van der Waals surface area contributed by atoms with Gasteiger partial charge in [-0.1, -0.05) is 0 Å². The van der Waals surface area contributed by atoms with Crippen molar-refractivity contribution >= 4 is 27.7 Å². The molecule has 0 unspecified atom stereocenters. The summed E-state index contributed by atoms with van der Waals surface area (Å²) in [6, 6.07) is -0.477. The van der Waals surface area contributed by atoms with Gasteiger partial charge >= 0.3 is 11.9 Å². The Hall–Kier alpha value is -2.36. The fourth-order valence-corrected chi connectivity index (χ4v) is 4.64. The lowest BCUT2D eigenvalue weighted by Crippen LogP contribution is -2.42. The lowest BCUT2D eigenvalue weighted by molar-refractivity contribution is -0.129. The number of aromatic nitrogens is 1. The summed E-state index contributed by atoms with van der Waals surface area (Å²) in [5.41, 5.74) is 1.14. The Morgan fingerprint density at radius 2 is 1.93 bits per heavy atom. The Labute approximate surface area is 157 Å². The zero-order chi connectivity index (χ0) is 20.4. The Morgan fingerprint density at radius 1 is 1.26 bits per heavy atom. The normalized spacial score (nSPS) is 19.3. The number of hydrogen-bond acceptors (Lipinski definition) is 7. The van der Waals surface area contributed by atoms with Crippen molar-refractivity contribution in [2.75, 3.05) is 18.1 Å². The summed E-state index contributed by atoms with van der Waals surface area (Å²) in [4.78, 5) is 39.4. The molecule has 2 rings (SSSR count). The molecule has 1 fully saturated rings. The van der Waals surface area contributed by atoms with E-state index in [-0.39, 0.29) is 29.4 Å². The number of aryl methyl sites for hydroxylation is 1. The number of ether oxygens (including phenoxy) is 2. The second kappa shape index (κ2) is 8.12. The maximum absolute atomic E-state index is 12.5. The molecule has 27 heavy (non-hydrogen) atoms. The zero-order valence-electron chi connectivity index (χ0n) is 15.7. The molecule has 1 aliphatic rings. The third-order valence-corrected chi connectivity index (χ3v) is 6.12. The van der Waals surface area contributed by atoms with Gasteiger partial charge in [0, 0.05) is 11.7 Å². The summed E-state index contributed by atoms with van der Waals surface area (Å²) in [6.45, 7) is 6.47. The first-order valence-corrected chi connectivity index (χ1v) is 10.5. The van der Waals surface area contributed by atoms with Gasteiger partial charge in [-0.05, 0) is 39.7 Å². The van der Waals surface area contributed by atoms with Crippen molar-refractivity contribution in [2.45, 2.75) is 46.3 Å². The minimum atomic E-state index is -3.12. The van der Waals surface area contributed by atoms with Gasteiger partial charge in [0.2, 0.25) is 0 Å². The Bertz CT molecular complexity index is 857. The highest BCUT2D eigenvalue weighted by Gasteiger charge is 2.31. The predicted molar refractivity (Wildman–Crippen MR) is 96.3 cm³/mol. The first-order valence-electron chi connectivity index (χ1n) is 8.63. The first kappa shape index (κ1) is 20.9. The minimum absolute atomic E-state index is 0.0322. The van der Waals surface area contributed by atoms with Crippen LogP contribution in [-0.4, -0.2) is 61.5 Å². The van der Waals surface area contributed by atoms with Crippen LogP contribution in [0.4, 0.5) is 0 Å². The lowest BCUT2D eigenvalue weighted by atomic mass is 10.1. The molecule has 2 N–H and O–H groups in total. The summed E-state index contributed by atoms with van der Waals surface area (Å²) in [7, 11) is -3.12. The van der Waals surface area contributed by atoms with Gasteiger partial charge in [0.05, 0.1) is 23.7 Å². The highest BCUT2D eigenvalue weighted by atomic mass is 32.2. The van der Waals surface area contributed by atoms with Crippen molar-refractivity contribution < 1.29 is 32.3 Å². The average molecular weight is 400 g/mol. The van der Waals surface area contributed by atoms with E-state index in [1.807, 2.05) is 0 Å². The molecule has 2 atom stereocenters. The summed E-state index contributed by atoms with van der Waals surface area (Å²) in [5.74, 6) is -1.98. The number of H-pyrrole nitrogens is 1. The monoisotopic (exact) mass is 400 g/mol. The second-order valence-corrected chi connectivity index (χ2v) is 8.73. The summed E-state index contributed by atoms with van der Waals surface area (Å²) in [6.07, 6.45) is -0.770. The molecule has 1 amide bonds. The van der Waals surface area contributed by atoms with E-state index in [1.165, 1.54) is 6.92 Å². The number of carbonyl (C=O) groups excluding carboxylic acids is 3. The molecular formula is C17H24N2O7S. The number of aromatic amines is 1. The van der Waals surface area contributed by atoms with Crippen LogP contribution < -0.4 is 5.32 Å². The molecule has 0 spiro atoms. The highest BCUT2D eigenvalue weighted by molar-refractivity contribution is 7.91. The molecule has 1 aliphatic heterocycles. The maximum Gasteiger partial charge on any atom is 0.355 e. The van der Waals surface area contributed by atoms with Gasteiger partial charge in [0.25, 0.3) is 5.91 Å². The predicted octanol–water partition coefficient (Wildman–Crippen LogP) is 0.657. The fraction of sp³-hybridized carbons (Fsp3) is 0.588. The molecular weight excluding hydrogens is 376 g/mol. The Balaban J connectivity index is 2.04. The van der Waals surface area contributed by atoms with Crippen LogP contribution in [0.1, 0.15) is 52.4 Å². The van der Waals surface area contributed by atoms with E-state index in [0.717, 1.165) is 0 Å². The van der Waals surface area contributed by atoms with E-state index in [1.54, 1.807) is 20.8 Å². The van der Waals surface area contributed by atoms with E-state index in [9.17, 15) is 22.8 Å². The zero-order valence-corrected chi connectivity index (χ0v) is 16.6. The van der Waals surface area contributed by atoms with Gasteiger partial charge < -0.3 is 19.8 Å². The number of carbonyl (C=O) groups is 3. The number of nitrogens with one attached hydrogen (secondary N) is 2. The average Bonchev–Trinajstić information content (AvgIpc) is 3.05. The summed E-state index contributed by atoms with van der Waals surface area (Å²) >= 11 is 0. The molecule has 150 valence electrons. The van der Waals surface area contributed by atoms with E-state index in [2.05, 4.69) is 10.3 Å². The van der Waals surface area contributed by atoms with E-state index >= 15 is 0 Å². The molecule has 10 heteroatoms. The second-order valence-electron chi connectivity index (χ2n) is 6.50. The number of hydrogen-bond donors (Lipinski definition) is 2. The van der Waals surface area contributed by atoms with Gasteiger partial charge in [0.15, 0.2) is 15.9 Å². The summed E-state index contributed by atoms with van der Waals surface area (Å²) in [5, 5.41) is 2.58. The topological polar surface area (TPSA) is 132 Å². The molecule has 0 saturated carbocycles. The molecule has 0 aromatic carbocycles. The van der Waals surface area contributed by atoms with Crippen molar-refractivity contribution in [2.24, 2.45) is 0 Å². The van der Waals surface area contributed by atoms with Crippen molar-refractivity contribution in [3.63, 3.8) is 0 Å². The SMILES string of the molecule is CCOC(=O)c1[nH]c(C)c(C(=O)O[C@@H](C)C(=O)N[C@@H]2CCS(=O)(=O)C2)c1C. The third-order valence-electron chi connectivity index (χ3n) is 4.35. The molecule has 1 saturated heterocycles. The highest BCUT2D eigenvalue weighted by Crippen LogP contribution is 2.20. The fourth-order valence-electron chi connectivity index (χ4n) is 2.96. The van der Waals surface area contributed by atoms with Crippen molar-refractivity contribution in [3.05, 3.63) is 22.5 Å². The lowest BCUT2D eigenvalue weighted by Gasteiger charge is -2.16. The number of esters is 2. The van der Waals surface area contributed by atoms with Crippen molar-refractivity contribution in [1.82, 2.24) is 10.3 Å². The quantitative estimate of drug-likeness (QED) is 0.670. The van der Waals surface area contributed by atoms with Crippen LogP contribution in [0.3, 0.4) is 0 Å². The van der Waals surface area contributed by atoms with Crippen molar-refractivity contribution in [3.8, 4) is 0 Å². The van der Waals surface area contributed by atoms with Crippen LogP contribution in [0.15, 0.2) is 0 Å². The van der Waals surface area contributed by atoms with Crippen LogP contribution in [0.25, 0.3) is 0 Å². The van der Waals surface area contributed by atoms with Gasteiger partial charge in [-0.15, -0.1) is 0 Å². The minimum Gasteiger partial charge on any atom is -0.461 e. The molecule has 0 bridgehead atoms. The van der Waals surface area contributed by atoms with Gasteiger partial charge in [0.1, 0.15) is 5.69 Å². The molecule has 1 aromatic heterocycles. The van der Waals surface area contributed by atoms with Gasteiger partial charge in [-0.2, -0.15) is 0 Å². The van der Waals surface area contributed by atoms with E-state index in [4.69, 9.17) is 9.47 Å². The Kier molecular flexibility index (Phi) is 6.30. The van der Waals surface area contributed by atoms with Crippen LogP contribution in [0, 0.1) is 13.8 Å². The van der Waals surface area contributed by atoms with Crippen LogP contribution in [-0.2, 0) is 24.1 Å². The van der Waals surface area contributed by atoms with E-state index in [0.29, 0.717) is 17.7 Å². The van der Waals surface area contributed by atoms with Gasteiger partial charge in [-0.25, -0.2) is 18.0 Å². The van der Waals surface area contributed by atoms with Gasteiger partial charge in [-0.3, -0.25) is 4.79 Å². The molecule has 2 heterocycles. The number of rotatable bonds is 6. The standard InChI is InChI=1S/C17H24N2O7S/c1-5-25-17(22)14-9(2)13(10(3)18-14)16(21)26-11(4)15(20)19-12-6-7-27(23,24)8-12/h11-12,18H,5-8H2,1-4H3,(H,19,20)/t11-,12+/m0/s1. The first-order chi connectivity index (χ1) is 12.6. The molecule has 0 aliphatic carbocycles. The summed E-state index contributed by atoms with van der Waals surface area (Å²) < 4.78 is 33.0. The molecule has 1 aromatic rings. The number of amides is 1. The smallest absolute Gasteiger partial charge is 0.355 e. The Morgan fingerprint density at radius 3 is 2.48 bits per heavy atom. The number of sulfone groups is 1. The largest absolute Gasteiger partial charge is 0.461 e. The maximum atomic E-state index is 12.5.